The highest BCUT2D eigenvalue weighted by molar-refractivity contribution is 5.73. The molecule has 1 fully saturated rings. The largest absolute Gasteiger partial charge is 0.395 e. The van der Waals surface area contributed by atoms with Crippen molar-refractivity contribution in [2.75, 3.05) is 26.2 Å². The van der Waals surface area contributed by atoms with Gasteiger partial charge in [0.1, 0.15) is 0 Å². The maximum Gasteiger partial charge on any atom is 0.217 e. The standard InChI is InChI=1S/C9H18N2O2/c10-9(13)7-8-1-3-11(4-2-8)5-6-12/h8,12H,1-7H2,(H2,10,13). The van der Waals surface area contributed by atoms with E-state index in [9.17, 15) is 4.79 Å². The molecule has 0 bridgehead atoms. The molecule has 0 aromatic rings. The number of hydrogen-bond donors (Lipinski definition) is 2. The Morgan fingerprint density at radius 1 is 1.46 bits per heavy atom. The van der Waals surface area contributed by atoms with Crippen molar-refractivity contribution < 1.29 is 9.90 Å². The van der Waals surface area contributed by atoms with E-state index in [1.54, 1.807) is 0 Å². The summed E-state index contributed by atoms with van der Waals surface area (Å²) >= 11 is 0. The number of primary amides is 1. The number of rotatable bonds is 4. The van der Waals surface area contributed by atoms with Gasteiger partial charge in [-0.2, -0.15) is 0 Å². The first-order chi connectivity index (χ1) is 6.22. The maximum absolute atomic E-state index is 10.6. The van der Waals surface area contributed by atoms with Crippen LogP contribution in [0.3, 0.4) is 0 Å². The Labute approximate surface area is 78.7 Å². The molecule has 0 unspecified atom stereocenters. The predicted molar refractivity (Wildman–Crippen MR) is 50.1 cm³/mol. The van der Waals surface area contributed by atoms with Crippen LogP contribution >= 0.6 is 0 Å². The fourth-order valence-corrected chi connectivity index (χ4v) is 1.84. The van der Waals surface area contributed by atoms with Crippen LogP contribution in [-0.4, -0.2) is 42.2 Å². The minimum absolute atomic E-state index is 0.194. The van der Waals surface area contributed by atoms with Crippen LogP contribution in [0.4, 0.5) is 0 Å². The molecule has 0 saturated carbocycles. The second-order valence-corrected chi connectivity index (χ2v) is 3.68. The molecule has 0 aliphatic carbocycles. The minimum Gasteiger partial charge on any atom is -0.395 e. The summed E-state index contributed by atoms with van der Waals surface area (Å²) < 4.78 is 0. The zero-order chi connectivity index (χ0) is 9.68. The summed E-state index contributed by atoms with van der Waals surface area (Å²) in [5.41, 5.74) is 5.12. The number of nitrogens with zero attached hydrogens (tertiary/aromatic N) is 1. The van der Waals surface area contributed by atoms with E-state index in [1.807, 2.05) is 0 Å². The highest BCUT2D eigenvalue weighted by atomic mass is 16.3. The molecule has 1 heterocycles. The second kappa shape index (κ2) is 5.19. The third-order valence-electron chi connectivity index (χ3n) is 2.61. The normalized spacial score (nSPS) is 20.4. The highest BCUT2D eigenvalue weighted by Gasteiger charge is 2.19. The van der Waals surface area contributed by atoms with Crippen molar-refractivity contribution in [1.29, 1.82) is 0 Å². The summed E-state index contributed by atoms with van der Waals surface area (Å²) in [5.74, 6) is 0.271. The van der Waals surface area contributed by atoms with E-state index >= 15 is 0 Å². The van der Waals surface area contributed by atoms with Gasteiger partial charge in [-0.05, 0) is 31.8 Å². The van der Waals surface area contributed by atoms with Crippen LogP contribution in [0.15, 0.2) is 0 Å². The summed E-state index contributed by atoms with van der Waals surface area (Å²) in [4.78, 5) is 12.9. The molecule has 1 saturated heterocycles. The summed E-state index contributed by atoms with van der Waals surface area (Å²) in [6.45, 7) is 2.95. The van der Waals surface area contributed by atoms with Crippen molar-refractivity contribution in [2.24, 2.45) is 11.7 Å². The average molecular weight is 186 g/mol. The van der Waals surface area contributed by atoms with Crippen molar-refractivity contribution in [3.8, 4) is 0 Å². The van der Waals surface area contributed by atoms with Crippen molar-refractivity contribution in [3.63, 3.8) is 0 Å². The van der Waals surface area contributed by atoms with Crippen LogP contribution in [0.2, 0.25) is 0 Å². The summed E-state index contributed by atoms with van der Waals surface area (Å²) in [6, 6.07) is 0. The van der Waals surface area contributed by atoms with E-state index in [4.69, 9.17) is 10.8 Å². The van der Waals surface area contributed by atoms with Gasteiger partial charge in [-0.15, -0.1) is 0 Å². The minimum atomic E-state index is -0.194. The number of hydrogen-bond acceptors (Lipinski definition) is 3. The fourth-order valence-electron chi connectivity index (χ4n) is 1.84. The Balaban J connectivity index is 2.18. The SMILES string of the molecule is NC(=O)CC1CCN(CCO)CC1. The lowest BCUT2D eigenvalue weighted by molar-refractivity contribution is -0.119. The molecule has 1 amide bonds. The highest BCUT2D eigenvalue weighted by Crippen LogP contribution is 2.19. The molecule has 0 atom stereocenters. The molecule has 13 heavy (non-hydrogen) atoms. The molecule has 0 aromatic carbocycles. The fraction of sp³-hybridized carbons (Fsp3) is 0.889. The van der Waals surface area contributed by atoms with Gasteiger partial charge in [0.25, 0.3) is 0 Å². The average Bonchev–Trinajstić information content (AvgIpc) is 2.08. The number of carbonyl (C=O) groups is 1. The molecule has 0 aromatic heterocycles. The van der Waals surface area contributed by atoms with Crippen LogP contribution in [0.1, 0.15) is 19.3 Å². The predicted octanol–water partition coefficient (Wildman–Crippen LogP) is -0.434. The van der Waals surface area contributed by atoms with Gasteiger partial charge in [0.2, 0.25) is 5.91 Å². The molecule has 0 radical (unpaired) electrons. The quantitative estimate of drug-likeness (QED) is 0.626. The monoisotopic (exact) mass is 186 g/mol. The Morgan fingerprint density at radius 3 is 2.54 bits per heavy atom. The zero-order valence-corrected chi connectivity index (χ0v) is 7.91. The van der Waals surface area contributed by atoms with Gasteiger partial charge >= 0.3 is 0 Å². The van der Waals surface area contributed by atoms with Crippen LogP contribution < -0.4 is 5.73 Å². The zero-order valence-electron chi connectivity index (χ0n) is 7.91. The molecule has 1 aliphatic rings. The van der Waals surface area contributed by atoms with Gasteiger partial charge in [-0.1, -0.05) is 0 Å². The van der Waals surface area contributed by atoms with Gasteiger partial charge < -0.3 is 15.7 Å². The van der Waals surface area contributed by atoms with Gasteiger partial charge in [0.05, 0.1) is 6.61 Å². The van der Waals surface area contributed by atoms with E-state index in [0.717, 1.165) is 32.5 Å². The lowest BCUT2D eigenvalue weighted by atomic mass is 9.93. The molecule has 3 N–H and O–H groups in total. The van der Waals surface area contributed by atoms with Gasteiger partial charge in [-0.25, -0.2) is 0 Å². The Hall–Kier alpha value is -0.610. The van der Waals surface area contributed by atoms with Crippen molar-refractivity contribution >= 4 is 5.91 Å². The number of nitrogens with two attached hydrogens (primary N) is 1. The number of likely N-dealkylation sites (tertiary alicyclic amines) is 1. The first kappa shape index (κ1) is 10.5. The summed E-state index contributed by atoms with van der Waals surface area (Å²) in [7, 11) is 0. The van der Waals surface area contributed by atoms with E-state index in [0.29, 0.717) is 12.3 Å². The van der Waals surface area contributed by atoms with Crippen LogP contribution in [0.25, 0.3) is 0 Å². The number of piperidine rings is 1. The number of carbonyl (C=O) groups excluding carboxylic acids is 1. The Morgan fingerprint density at radius 2 is 2.08 bits per heavy atom. The van der Waals surface area contributed by atoms with Gasteiger partial charge in [-0.3, -0.25) is 4.79 Å². The van der Waals surface area contributed by atoms with Crippen LogP contribution in [-0.2, 0) is 4.79 Å². The first-order valence-corrected chi connectivity index (χ1v) is 4.84. The molecule has 1 aliphatic heterocycles. The second-order valence-electron chi connectivity index (χ2n) is 3.68. The smallest absolute Gasteiger partial charge is 0.217 e. The third-order valence-corrected chi connectivity index (χ3v) is 2.61. The summed E-state index contributed by atoms with van der Waals surface area (Å²) in [5, 5.41) is 8.71. The first-order valence-electron chi connectivity index (χ1n) is 4.84. The number of amides is 1. The van der Waals surface area contributed by atoms with Crippen molar-refractivity contribution in [1.82, 2.24) is 4.90 Å². The van der Waals surface area contributed by atoms with E-state index < -0.39 is 0 Å². The third kappa shape index (κ3) is 3.74. The van der Waals surface area contributed by atoms with E-state index in [1.165, 1.54) is 0 Å². The van der Waals surface area contributed by atoms with Crippen molar-refractivity contribution in [3.05, 3.63) is 0 Å². The number of aliphatic hydroxyl groups is 1. The summed E-state index contributed by atoms with van der Waals surface area (Å²) in [6.07, 6.45) is 2.58. The molecular weight excluding hydrogens is 168 g/mol. The lowest BCUT2D eigenvalue weighted by Crippen LogP contribution is -2.36. The molecule has 4 heteroatoms. The Bertz CT molecular complexity index is 165. The van der Waals surface area contributed by atoms with Gasteiger partial charge in [0, 0.05) is 13.0 Å². The van der Waals surface area contributed by atoms with E-state index in [2.05, 4.69) is 4.90 Å². The number of aliphatic hydroxyl groups excluding tert-OH is 1. The van der Waals surface area contributed by atoms with Gasteiger partial charge in [0.15, 0.2) is 0 Å². The van der Waals surface area contributed by atoms with Crippen molar-refractivity contribution in [2.45, 2.75) is 19.3 Å². The molecular formula is C9H18N2O2. The van der Waals surface area contributed by atoms with E-state index in [-0.39, 0.29) is 12.5 Å². The molecule has 4 nitrogen and oxygen atoms in total. The molecule has 76 valence electrons. The maximum atomic E-state index is 10.6. The Kier molecular flexibility index (Phi) is 4.18. The van der Waals surface area contributed by atoms with Crippen LogP contribution in [0.5, 0.6) is 0 Å². The topological polar surface area (TPSA) is 66.6 Å². The molecule has 0 spiro atoms. The van der Waals surface area contributed by atoms with Crippen LogP contribution in [0, 0.1) is 5.92 Å². The number of β-amino-alcohol motifs (C(OH)–C–C–N with tert-alkyl or cyclic N) is 1. The molecule has 1 rings (SSSR count). The lowest BCUT2D eigenvalue weighted by Gasteiger charge is -2.30.